The van der Waals surface area contributed by atoms with E-state index in [1.807, 2.05) is 45.0 Å². The predicted octanol–water partition coefficient (Wildman–Crippen LogP) is 2.17. The molecule has 0 atom stereocenters. The minimum atomic E-state index is -0.276. The first kappa shape index (κ1) is 20.0. The van der Waals surface area contributed by atoms with Crippen molar-refractivity contribution in [3.05, 3.63) is 29.8 Å². The maximum atomic E-state index is 11.0. The summed E-state index contributed by atoms with van der Waals surface area (Å²) in [5, 5.41) is 9.32. The number of benzene rings is 1. The summed E-state index contributed by atoms with van der Waals surface area (Å²) in [6.07, 6.45) is 0.873. The number of rotatable bonds is 8. The molecule has 1 aromatic rings. The second-order valence-corrected chi connectivity index (χ2v) is 6.21. The van der Waals surface area contributed by atoms with Crippen LogP contribution in [-0.2, 0) is 16.0 Å². The van der Waals surface area contributed by atoms with Crippen molar-refractivity contribution < 1.29 is 9.53 Å². The lowest BCUT2D eigenvalue weighted by molar-refractivity contribution is -0.114. The number of hydrogen-bond acceptors (Lipinski definition) is 3. The molecule has 0 saturated carbocycles. The lowest BCUT2D eigenvalue weighted by Crippen LogP contribution is -2.40. The molecule has 0 radical (unpaired) electrons. The number of methoxy groups -OCH3 is 1. The second kappa shape index (κ2) is 9.93. The molecule has 1 rings (SSSR count). The van der Waals surface area contributed by atoms with E-state index in [4.69, 9.17) is 4.74 Å². The van der Waals surface area contributed by atoms with E-state index in [1.165, 1.54) is 12.5 Å². The summed E-state index contributed by atoms with van der Waals surface area (Å²) in [4.78, 5) is 15.6. The Morgan fingerprint density at radius 3 is 2.42 bits per heavy atom. The SMILES string of the molecule is CCNC(=NCC(C)(C)OC)NCCc1ccc(NC(C)=O)cc1. The Morgan fingerprint density at radius 2 is 1.88 bits per heavy atom. The van der Waals surface area contributed by atoms with Crippen molar-refractivity contribution >= 4 is 17.6 Å². The molecule has 0 aliphatic rings. The van der Waals surface area contributed by atoms with E-state index in [0.29, 0.717) is 6.54 Å². The second-order valence-electron chi connectivity index (χ2n) is 6.21. The zero-order chi connectivity index (χ0) is 18.0. The third-order valence-electron chi connectivity index (χ3n) is 3.50. The summed E-state index contributed by atoms with van der Waals surface area (Å²) >= 11 is 0. The number of carbonyl (C=O) groups is 1. The molecule has 134 valence electrons. The van der Waals surface area contributed by atoms with E-state index in [9.17, 15) is 4.79 Å². The number of nitrogens with zero attached hydrogens (tertiary/aromatic N) is 1. The molecule has 24 heavy (non-hydrogen) atoms. The normalized spacial score (nSPS) is 12.0. The molecule has 0 unspecified atom stereocenters. The number of amides is 1. The number of carbonyl (C=O) groups excluding carboxylic acids is 1. The highest BCUT2D eigenvalue weighted by Gasteiger charge is 2.15. The lowest BCUT2D eigenvalue weighted by atomic mass is 10.1. The summed E-state index contributed by atoms with van der Waals surface area (Å²) in [7, 11) is 1.69. The van der Waals surface area contributed by atoms with Gasteiger partial charge in [0, 0.05) is 32.8 Å². The number of aliphatic imine (C=N–C) groups is 1. The first-order valence-electron chi connectivity index (χ1n) is 8.30. The van der Waals surface area contributed by atoms with Crippen LogP contribution in [0.15, 0.2) is 29.3 Å². The number of anilines is 1. The fourth-order valence-electron chi connectivity index (χ4n) is 1.96. The molecule has 3 N–H and O–H groups in total. The third-order valence-corrected chi connectivity index (χ3v) is 3.50. The average molecular weight is 334 g/mol. The van der Waals surface area contributed by atoms with Gasteiger partial charge in [-0.15, -0.1) is 0 Å². The van der Waals surface area contributed by atoms with Crippen LogP contribution >= 0.6 is 0 Å². The molecule has 0 fully saturated rings. The van der Waals surface area contributed by atoms with E-state index in [-0.39, 0.29) is 11.5 Å². The molecule has 6 nitrogen and oxygen atoms in total. The first-order valence-corrected chi connectivity index (χ1v) is 8.30. The monoisotopic (exact) mass is 334 g/mol. The Morgan fingerprint density at radius 1 is 1.21 bits per heavy atom. The summed E-state index contributed by atoms with van der Waals surface area (Å²) in [6.45, 7) is 9.74. The summed E-state index contributed by atoms with van der Waals surface area (Å²) < 4.78 is 5.39. The molecule has 0 heterocycles. The molecule has 0 aliphatic heterocycles. The molecular formula is C18H30N4O2. The molecule has 6 heteroatoms. The highest BCUT2D eigenvalue weighted by molar-refractivity contribution is 5.88. The van der Waals surface area contributed by atoms with Crippen molar-refractivity contribution in [3.8, 4) is 0 Å². The zero-order valence-corrected chi connectivity index (χ0v) is 15.4. The van der Waals surface area contributed by atoms with Crippen LogP contribution < -0.4 is 16.0 Å². The smallest absolute Gasteiger partial charge is 0.221 e. The minimum absolute atomic E-state index is 0.0603. The maximum absolute atomic E-state index is 11.0. The highest BCUT2D eigenvalue weighted by atomic mass is 16.5. The fraction of sp³-hybridized carbons (Fsp3) is 0.556. The molecule has 1 amide bonds. The van der Waals surface area contributed by atoms with Gasteiger partial charge in [0.25, 0.3) is 0 Å². The van der Waals surface area contributed by atoms with Gasteiger partial charge in [0.05, 0.1) is 12.1 Å². The summed E-state index contributed by atoms with van der Waals surface area (Å²) in [6, 6.07) is 7.87. The van der Waals surface area contributed by atoms with Crippen molar-refractivity contribution in [1.82, 2.24) is 10.6 Å². The Balaban J connectivity index is 2.50. The van der Waals surface area contributed by atoms with E-state index in [1.54, 1.807) is 7.11 Å². The highest BCUT2D eigenvalue weighted by Crippen LogP contribution is 2.10. The molecule has 0 aromatic heterocycles. The van der Waals surface area contributed by atoms with Gasteiger partial charge in [-0.25, -0.2) is 0 Å². The number of guanidine groups is 1. The van der Waals surface area contributed by atoms with Crippen LogP contribution in [-0.4, -0.2) is 44.2 Å². The van der Waals surface area contributed by atoms with Crippen LogP contribution in [0.2, 0.25) is 0 Å². The van der Waals surface area contributed by atoms with Gasteiger partial charge in [-0.2, -0.15) is 0 Å². The van der Waals surface area contributed by atoms with Crippen molar-refractivity contribution in [1.29, 1.82) is 0 Å². The van der Waals surface area contributed by atoms with Crippen molar-refractivity contribution in [2.45, 2.75) is 39.7 Å². The largest absolute Gasteiger partial charge is 0.377 e. The molecule has 0 spiro atoms. The molecule has 0 saturated heterocycles. The van der Waals surface area contributed by atoms with Gasteiger partial charge >= 0.3 is 0 Å². The van der Waals surface area contributed by atoms with Gasteiger partial charge < -0.3 is 20.7 Å². The minimum Gasteiger partial charge on any atom is -0.377 e. The van der Waals surface area contributed by atoms with E-state index >= 15 is 0 Å². The molecule has 0 bridgehead atoms. The predicted molar refractivity (Wildman–Crippen MR) is 99.5 cm³/mol. The van der Waals surface area contributed by atoms with E-state index in [0.717, 1.165) is 31.2 Å². The lowest BCUT2D eigenvalue weighted by Gasteiger charge is -2.21. The Hall–Kier alpha value is -2.08. The van der Waals surface area contributed by atoms with Crippen LogP contribution in [0.1, 0.15) is 33.3 Å². The van der Waals surface area contributed by atoms with Crippen molar-refractivity contribution in [2.24, 2.45) is 4.99 Å². The average Bonchev–Trinajstić information content (AvgIpc) is 2.54. The summed E-state index contributed by atoms with van der Waals surface area (Å²) in [5.41, 5.74) is 1.74. The first-order chi connectivity index (χ1) is 11.4. The Kier molecular flexibility index (Phi) is 8.26. The van der Waals surface area contributed by atoms with Crippen LogP contribution in [0.5, 0.6) is 0 Å². The number of nitrogens with one attached hydrogen (secondary N) is 3. The maximum Gasteiger partial charge on any atom is 0.221 e. The van der Waals surface area contributed by atoms with Gasteiger partial charge in [-0.05, 0) is 44.9 Å². The van der Waals surface area contributed by atoms with Crippen LogP contribution in [0, 0.1) is 0 Å². The van der Waals surface area contributed by atoms with Crippen molar-refractivity contribution in [2.75, 3.05) is 32.1 Å². The fourth-order valence-corrected chi connectivity index (χ4v) is 1.96. The summed E-state index contributed by atoms with van der Waals surface area (Å²) in [5.74, 6) is 0.729. The Bertz CT molecular complexity index is 538. The quantitative estimate of drug-likeness (QED) is 0.503. The van der Waals surface area contributed by atoms with Crippen molar-refractivity contribution in [3.63, 3.8) is 0 Å². The van der Waals surface area contributed by atoms with Crippen LogP contribution in [0.4, 0.5) is 5.69 Å². The van der Waals surface area contributed by atoms with E-state index < -0.39 is 0 Å². The van der Waals surface area contributed by atoms with Gasteiger partial charge in [-0.3, -0.25) is 9.79 Å². The van der Waals surface area contributed by atoms with Crippen LogP contribution in [0.3, 0.4) is 0 Å². The molecular weight excluding hydrogens is 304 g/mol. The van der Waals surface area contributed by atoms with Gasteiger partial charge in [0.2, 0.25) is 5.91 Å². The molecule has 1 aromatic carbocycles. The third kappa shape index (κ3) is 7.97. The standard InChI is InChI=1S/C18H30N4O2/c1-6-19-17(21-13-18(3,4)24-5)20-12-11-15-7-9-16(10-8-15)22-14(2)23/h7-10H,6,11-13H2,1-5H3,(H,22,23)(H2,19,20,21). The Labute approximate surface area is 145 Å². The van der Waals surface area contributed by atoms with Crippen LogP contribution in [0.25, 0.3) is 0 Å². The van der Waals surface area contributed by atoms with Gasteiger partial charge in [-0.1, -0.05) is 12.1 Å². The topological polar surface area (TPSA) is 74.8 Å². The van der Waals surface area contributed by atoms with Gasteiger partial charge in [0.1, 0.15) is 0 Å². The molecule has 0 aliphatic carbocycles. The van der Waals surface area contributed by atoms with E-state index in [2.05, 4.69) is 20.9 Å². The number of hydrogen-bond donors (Lipinski definition) is 3. The number of ether oxygens (including phenoxy) is 1. The van der Waals surface area contributed by atoms with Gasteiger partial charge in [0.15, 0.2) is 5.96 Å². The zero-order valence-electron chi connectivity index (χ0n) is 15.4.